The Balaban J connectivity index is 2.33. The third kappa shape index (κ3) is 1.87. The molecule has 0 aliphatic rings. The topological polar surface area (TPSA) is 59.3 Å². The number of hydrogen-bond acceptors (Lipinski definition) is 3. The Morgan fingerprint density at radius 1 is 1.00 bits per heavy atom. The van der Waals surface area contributed by atoms with Gasteiger partial charge in [-0.25, -0.2) is 12.4 Å². The van der Waals surface area contributed by atoms with Gasteiger partial charge >= 0.3 is 0 Å². The lowest BCUT2D eigenvalue weighted by Gasteiger charge is -2.09. The second-order valence-electron chi connectivity index (χ2n) is 4.26. The Hall–Kier alpha value is -1.98. The predicted octanol–water partition coefficient (Wildman–Crippen LogP) is 3.24. The van der Waals surface area contributed by atoms with Crippen LogP contribution in [0.15, 0.2) is 59.6 Å². The minimum absolute atomic E-state index is 0.112. The van der Waals surface area contributed by atoms with Crippen LogP contribution in [0.5, 0.6) is 5.75 Å². The largest absolute Gasteiger partial charge is 0.504 e. The summed E-state index contributed by atoms with van der Waals surface area (Å²) in [5.74, 6) is -0.242. The van der Waals surface area contributed by atoms with Crippen LogP contribution in [0.2, 0.25) is 5.02 Å². The molecule has 0 unspecified atom stereocenters. The molecule has 0 aliphatic carbocycles. The summed E-state index contributed by atoms with van der Waals surface area (Å²) in [5, 5.41) is 10.7. The SMILES string of the molecule is O=S(=O)(c1ccccc1)n1ccc2ccc(Cl)c(O)c21. The summed E-state index contributed by atoms with van der Waals surface area (Å²) in [7, 11) is -3.76. The van der Waals surface area contributed by atoms with E-state index in [1.807, 2.05) is 0 Å². The number of rotatable bonds is 2. The fraction of sp³-hybridized carbons (Fsp3) is 0. The zero-order valence-corrected chi connectivity index (χ0v) is 11.8. The van der Waals surface area contributed by atoms with Gasteiger partial charge in [0.25, 0.3) is 10.0 Å². The van der Waals surface area contributed by atoms with E-state index < -0.39 is 10.0 Å². The van der Waals surface area contributed by atoms with Crippen LogP contribution in [-0.2, 0) is 10.0 Å². The van der Waals surface area contributed by atoms with Gasteiger partial charge in [-0.15, -0.1) is 0 Å². The summed E-state index contributed by atoms with van der Waals surface area (Å²) >= 11 is 5.85. The van der Waals surface area contributed by atoms with Gasteiger partial charge in [0, 0.05) is 11.6 Å². The molecule has 6 heteroatoms. The maximum Gasteiger partial charge on any atom is 0.268 e. The van der Waals surface area contributed by atoms with E-state index in [1.165, 1.54) is 24.4 Å². The molecule has 2 aromatic carbocycles. The standard InChI is InChI=1S/C14H10ClNO3S/c15-12-7-6-10-8-9-16(13(10)14(12)17)20(18,19)11-4-2-1-3-5-11/h1-9,17H. The normalized spacial score (nSPS) is 11.8. The molecule has 4 nitrogen and oxygen atoms in total. The van der Waals surface area contributed by atoms with Crippen molar-refractivity contribution < 1.29 is 13.5 Å². The highest BCUT2D eigenvalue weighted by Gasteiger charge is 2.21. The van der Waals surface area contributed by atoms with Crippen LogP contribution in [0.3, 0.4) is 0 Å². The average Bonchev–Trinajstić information content (AvgIpc) is 2.89. The number of phenolic OH excluding ortho intramolecular Hbond substituents is 1. The molecular weight excluding hydrogens is 298 g/mol. The van der Waals surface area contributed by atoms with Crippen molar-refractivity contribution in [3.05, 3.63) is 59.8 Å². The molecule has 1 aromatic heterocycles. The van der Waals surface area contributed by atoms with E-state index in [0.29, 0.717) is 5.39 Å². The van der Waals surface area contributed by atoms with Gasteiger partial charge in [0.15, 0.2) is 5.75 Å². The van der Waals surface area contributed by atoms with Gasteiger partial charge in [-0.05, 0) is 24.3 Å². The van der Waals surface area contributed by atoms with E-state index >= 15 is 0 Å². The molecular formula is C14H10ClNO3S. The van der Waals surface area contributed by atoms with Gasteiger partial charge in [-0.2, -0.15) is 0 Å². The van der Waals surface area contributed by atoms with Crippen LogP contribution >= 0.6 is 11.6 Å². The van der Waals surface area contributed by atoms with Crippen LogP contribution in [0, 0.1) is 0 Å². The van der Waals surface area contributed by atoms with Gasteiger partial charge in [-0.1, -0.05) is 35.9 Å². The second-order valence-corrected chi connectivity index (χ2v) is 6.49. The number of halogens is 1. The summed E-state index contributed by atoms with van der Waals surface area (Å²) in [4.78, 5) is 0.150. The van der Waals surface area contributed by atoms with E-state index in [9.17, 15) is 13.5 Å². The Morgan fingerprint density at radius 3 is 2.40 bits per heavy atom. The number of nitrogens with zero attached hydrogens (tertiary/aromatic N) is 1. The fourth-order valence-corrected chi connectivity index (χ4v) is 3.60. The monoisotopic (exact) mass is 307 g/mol. The zero-order chi connectivity index (χ0) is 14.3. The van der Waals surface area contributed by atoms with Gasteiger partial charge in [-0.3, -0.25) is 0 Å². The van der Waals surface area contributed by atoms with Crippen LogP contribution in [0.1, 0.15) is 0 Å². The van der Waals surface area contributed by atoms with Crippen molar-refractivity contribution in [2.45, 2.75) is 4.90 Å². The van der Waals surface area contributed by atoms with Crippen LogP contribution in [0.25, 0.3) is 10.9 Å². The van der Waals surface area contributed by atoms with E-state index in [0.717, 1.165) is 3.97 Å². The second kappa shape index (κ2) is 4.54. The minimum atomic E-state index is -3.76. The smallest absolute Gasteiger partial charge is 0.268 e. The van der Waals surface area contributed by atoms with Crippen molar-refractivity contribution in [2.75, 3.05) is 0 Å². The van der Waals surface area contributed by atoms with E-state index in [4.69, 9.17) is 11.6 Å². The van der Waals surface area contributed by atoms with Crippen molar-refractivity contribution in [2.24, 2.45) is 0 Å². The molecule has 0 fully saturated rings. The van der Waals surface area contributed by atoms with Crippen molar-refractivity contribution in [3.8, 4) is 5.75 Å². The number of fused-ring (bicyclic) bond motifs is 1. The highest BCUT2D eigenvalue weighted by Crippen LogP contribution is 2.34. The lowest BCUT2D eigenvalue weighted by Crippen LogP contribution is -2.11. The quantitative estimate of drug-likeness (QED) is 0.790. The zero-order valence-electron chi connectivity index (χ0n) is 10.2. The number of benzene rings is 2. The molecule has 0 radical (unpaired) electrons. The van der Waals surface area contributed by atoms with Gasteiger partial charge in [0.05, 0.1) is 9.92 Å². The molecule has 0 atom stereocenters. The number of phenols is 1. The Kier molecular flexibility index (Phi) is 2.96. The molecule has 0 spiro atoms. The summed E-state index contributed by atoms with van der Waals surface area (Å²) in [5.41, 5.74) is 0.182. The van der Waals surface area contributed by atoms with Crippen molar-refractivity contribution in [1.29, 1.82) is 0 Å². The van der Waals surface area contributed by atoms with Crippen molar-refractivity contribution in [1.82, 2.24) is 3.97 Å². The highest BCUT2D eigenvalue weighted by atomic mass is 35.5. The van der Waals surface area contributed by atoms with Crippen molar-refractivity contribution >= 4 is 32.5 Å². The first-order chi connectivity index (χ1) is 9.51. The number of aromatic hydroxyl groups is 1. The lowest BCUT2D eigenvalue weighted by atomic mass is 10.2. The van der Waals surface area contributed by atoms with Crippen LogP contribution in [-0.4, -0.2) is 17.5 Å². The van der Waals surface area contributed by atoms with E-state index in [1.54, 1.807) is 30.3 Å². The molecule has 0 amide bonds. The molecule has 102 valence electrons. The number of hydrogen-bond donors (Lipinski definition) is 1. The summed E-state index contributed by atoms with van der Waals surface area (Å²) < 4.78 is 26.2. The van der Waals surface area contributed by atoms with Crippen LogP contribution < -0.4 is 0 Å². The Labute approximate surface area is 120 Å². The molecule has 0 bridgehead atoms. The molecule has 0 aliphatic heterocycles. The Bertz CT molecular complexity index is 885. The van der Waals surface area contributed by atoms with Crippen molar-refractivity contribution in [3.63, 3.8) is 0 Å². The Morgan fingerprint density at radius 2 is 1.70 bits per heavy atom. The minimum Gasteiger partial charge on any atom is -0.504 e. The average molecular weight is 308 g/mol. The first kappa shape index (κ1) is 13.0. The first-order valence-corrected chi connectivity index (χ1v) is 7.63. The third-order valence-corrected chi connectivity index (χ3v) is 5.04. The van der Waals surface area contributed by atoms with Crippen LogP contribution in [0.4, 0.5) is 0 Å². The first-order valence-electron chi connectivity index (χ1n) is 5.81. The molecule has 1 heterocycles. The molecule has 1 N–H and O–H groups in total. The van der Waals surface area contributed by atoms with Gasteiger partial charge < -0.3 is 5.11 Å². The third-order valence-electron chi connectivity index (χ3n) is 3.04. The van der Waals surface area contributed by atoms with E-state index in [2.05, 4.69) is 0 Å². The maximum absolute atomic E-state index is 12.6. The lowest BCUT2D eigenvalue weighted by molar-refractivity contribution is 0.480. The maximum atomic E-state index is 12.6. The number of aromatic nitrogens is 1. The van der Waals surface area contributed by atoms with Gasteiger partial charge in [0.1, 0.15) is 5.52 Å². The molecule has 0 saturated heterocycles. The summed E-state index contributed by atoms with van der Waals surface area (Å²) in [6.07, 6.45) is 1.41. The molecule has 3 rings (SSSR count). The fourth-order valence-electron chi connectivity index (χ4n) is 2.07. The highest BCUT2D eigenvalue weighted by molar-refractivity contribution is 7.90. The predicted molar refractivity (Wildman–Crippen MR) is 77.6 cm³/mol. The molecule has 0 saturated carbocycles. The summed E-state index contributed by atoms with van der Waals surface area (Å²) in [6, 6.07) is 12.8. The van der Waals surface area contributed by atoms with Gasteiger partial charge in [0.2, 0.25) is 0 Å². The molecule has 20 heavy (non-hydrogen) atoms. The van der Waals surface area contributed by atoms with E-state index in [-0.39, 0.29) is 21.2 Å². The summed E-state index contributed by atoms with van der Waals surface area (Å²) in [6.45, 7) is 0. The molecule has 3 aromatic rings.